The van der Waals surface area contributed by atoms with Crippen molar-refractivity contribution in [2.45, 2.75) is 23.2 Å². The third-order valence-corrected chi connectivity index (χ3v) is 5.67. The number of ether oxygens (including phenoxy) is 1. The Hall–Kier alpha value is -2.37. The first-order valence-electron chi connectivity index (χ1n) is 7.83. The molecule has 1 aromatic heterocycles. The average molecular weight is 436 g/mol. The van der Waals surface area contributed by atoms with Gasteiger partial charge in [0.05, 0.1) is 5.69 Å². The highest BCUT2D eigenvalue weighted by Crippen LogP contribution is 2.50. The Morgan fingerprint density at radius 3 is 2.64 bits per heavy atom. The number of nitrogens with one attached hydrogen (secondary N) is 2. The van der Waals surface area contributed by atoms with Gasteiger partial charge in [0.2, 0.25) is 5.60 Å². The highest BCUT2D eigenvalue weighted by molar-refractivity contribution is 7.89. The topological polar surface area (TPSA) is 97.4 Å². The molecule has 0 radical (unpaired) electrons. The Labute approximate surface area is 162 Å². The summed E-state index contributed by atoms with van der Waals surface area (Å²) in [7, 11) is -4.14. The number of hydrogen-bond donors (Lipinski definition) is 2. The predicted octanol–water partition coefficient (Wildman–Crippen LogP) is 3.42. The number of rotatable bonds is 5. The molecule has 12 heteroatoms. The third-order valence-electron chi connectivity index (χ3n) is 4.06. The Kier molecular flexibility index (Phi) is 5.26. The Morgan fingerprint density at radius 1 is 1.25 bits per heavy atom. The van der Waals surface area contributed by atoms with E-state index >= 15 is 0 Å². The summed E-state index contributed by atoms with van der Waals surface area (Å²) in [5.74, 6) is 0. The molecule has 1 atom stereocenters. The van der Waals surface area contributed by atoms with E-state index in [9.17, 15) is 26.4 Å². The second-order valence-corrected chi connectivity index (χ2v) is 8.00. The molecule has 3 rings (SSSR count). The van der Waals surface area contributed by atoms with E-state index in [2.05, 4.69) is 15.0 Å². The fourth-order valence-corrected chi connectivity index (χ4v) is 3.94. The van der Waals surface area contributed by atoms with E-state index in [1.807, 2.05) is 4.72 Å². The molecule has 2 N–H and O–H groups in total. The van der Waals surface area contributed by atoms with Gasteiger partial charge in [-0.2, -0.15) is 13.2 Å². The number of halogens is 4. The fourth-order valence-electron chi connectivity index (χ4n) is 2.79. The van der Waals surface area contributed by atoms with Crippen molar-refractivity contribution in [1.29, 1.82) is 0 Å². The predicted molar refractivity (Wildman–Crippen MR) is 93.3 cm³/mol. The summed E-state index contributed by atoms with van der Waals surface area (Å²) in [6.45, 7) is -0.669. The zero-order valence-corrected chi connectivity index (χ0v) is 15.5. The molecule has 2 heterocycles. The van der Waals surface area contributed by atoms with Gasteiger partial charge in [0, 0.05) is 29.7 Å². The van der Waals surface area contributed by atoms with Crippen molar-refractivity contribution >= 4 is 33.4 Å². The van der Waals surface area contributed by atoms with Gasteiger partial charge in [-0.15, -0.1) is 0 Å². The number of sulfonamides is 1. The average Bonchev–Trinajstić information content (AvgIpc) is 2.62. The van der Waals surface area contributed by atoms with Crippen molar-refractivity contribution in [3.05, 3.63) is 53.2 Å². The maximum Gasteiger partial charge on any atom is 0.432 e. The van der Waals surface area contributed by atoms with Crippen LogP contribution in [0.3, 0.4) is 0 Å². The quantitative estimate of drug-likeness (QED) is 0.750. The van der Waals surface area contributed by atoms with E-state index in [-0.39, 0.29) is 15.7 Å². The first kappa shape index (κ1) is 20.4. The van der Waals surface area contributed by atoms with Gasteiger partial charge in [-0.3, -0.25) is 5.32 Å². The standard InChI is InChI=1S/C16H13ClF3N3O4S/c17-10-4-5-12-11(9-10)15(16(18,19)20,27-14(24)23-12)6-8-22-28(25,26)13-3-1-2-7-21-13/h1-5,7,9,22H,6,8H2,(H,23,24)/t15-/m1/s1. The summed E-state index contributed by atoms with van der Waals surface area (Å²) in [5.41, 5.74) is -3.60. The summed E-state index contributed by atoms with van der Waals surface area (Å²) < 4.78 is 73.0. The van der Waals surface area contributed by atoms with Crippen molar-refractivity contribution in [2.24, 2.45) is 0 Å². The number of carbonyl (C=O) groups is 1. The Bertz CT molecular complexity index is 1000. The number of amides is 1. The monoisotopic (exact) mass is 435 g/mol. The number of carbonyl (C=O) groups excluding carboxylic acids is 1. The summed E-state index contributed by atoms with van der Waals surface area (Å²) in [6, 6.07) is 7.67. The number of aromatic nitrogens is 1. The molecular formula is C16H13ClF3N3O4S. The van der Waals surface area contributed by atoms with Crippen LogP contribution >= 0.6 is 11.6 Å². The molecule has 7 nitrogen and oxygen atoms in total. The summed E-state index contributed by atoms with van der Waals surface area (Å²) in [5, 5.41) is 1.83. The summed E-state index contributed by atoms with van der Waals surface area (Å²) in [6.07, 6.45) is -6.00. The SMILES string of the molecule is O=C1Nc2ccc(Cl)cc2[C@](CCNS(=O)(=O)c2ccccn2)(C(F)(F)F)O1. The van der Waals surface area contributed by atoms with Crippen LogP contribution in [0.5, 0.6) is 0 Å². The number of fused-ring (bicyclic) bond motifs is 1. The fraction of sp³-hybridized carbons (Fsp3) is 0.250. The van der Waals surface area contributed by atoms with Crippen molar-refractivity contribution in [1.82, 2.24) is 9.71 Å². The number of alkyl halides is 3. The maximum absolute atomic E-state index is 14.0. The molecule has 1 aliphatic rings. The Morgan fingerprint density at radius 2 is 2.00 bits per heavy atom. The van der Waals surface area contributed by atoms with Crippen molar-refractivity contribution in [3.8, 4) is 0 Å². The number of cyclic esters (lactones) is 1. The smallest absolute Gasteiger partial charge is 0.428 e. The van der Waals surface area contributed by atoms with Gasteiger partial charge in [0.15, 0.2) is 5.03 Å². The van der Waals surface area contributed by atoms with Gasteiger partial charge >= 0.3 is 12.3 Å². The van der Waals surface area contributed by atoms with Crippen LogP contribution in [-0.4, -0.2) is 32.2 Å². The van der Waals surface area contributed by atoms with E-state index in [0.717, 1.165) is 6.07 Å². The van der Waals surface area contributed by atoms with E-state index in [1.54, 1.807) is 0 Å². The lowest BCUT2D eigenvalue weighted by atomic mass is 9.87. The van der Waals surface area contributed by atoms with Crippen LogP contribution < -0.4 is 10.0 Å². The Balaban J connectivity index is 1.93. The number of pyridine rings is 1. The molecule has 0 fully saturated rings. The third kappa shape index (κ3) is 3.77. The second-order valence-electron chi connectivity index (χ2n) is 5.84. The number of nitrogens with zero attached hydrogens (tertiary/aromatic N) is 1. The van der Waals surface area contributed by atoms with Gasteiger partial charge in [0.1, 0.15) is 0 Å². The van der Waals surface area contributed by atoms with E-state index in [0.29, 0.717) is 0 Å². The molecule has 150 valence electrons. The lowest BCUT2D eigenvalue weighted by Gasteiger charge is -2.39. The molecule has 0 unspecified atom stereocenters. The van der Waals surface area contributed by atoms with Crippen LogP contribution in [0.4, 0.5) is 23.7 Å². The first-order chi connectivity index (χ1) is 13.1. The summed E-state index contributed by atoms with van der Waals surface area (Å²) >= 11 is 5.82. The van der Waals surface area contributed by atoms with Crippen LogP contribution in [0.15, 0.2) is 47.6 Å². The first-order valence-corrected chi connectivity index (χ1v) is 9.69. The highest BCUT2D eigenvalue weighted by atomic mass is 35.5. The minimum Gasteiger partial charge on any atom is -0.428 e. The van der Waals surface area contributed by atoms with Crippen LogP contribution in [-0.2, 0) is 20.4 Å². The molecule has 2 aromatic rings. The molecule has 0 spiro atoms. The lowest BCUT2D eigenvalue weighted by Crippen LogP contribution is -2.51. The zero-order valence-electron chi connectivity index (χ0n) is 14.0. The van der Waals surface area contributed by atoms with Gasteiger partial charge < -0.3 is 4.74 Å². The van der Waals surface area contributed by atoms with Crippen molar-refractivity contribution in [3.63, 3.8) is 0 Å². The van der Waals surface area contributed by atoms with Crippen LogP contribution in [0.1, 0.15) is 12.0 Å². The molecule has 0 bridgehead atoms. The molecule has 1 amide bonds. The van der Waals surface area contributed by atoms with Gasteiger partial charge in [-0.1, -0.05) is 17.7 Å². The van der Waals surface area contributed by atoms with Gasteiger partial charge in [-0.25, -0.2) is 22.9 Å². The number of benzene rings is 1. The minimum absolute atomic E-state index is 0.00110. The van der Waals surface area contributed by atoms with E-state index < -0.39 is 46.4 Å². The number of anilines is 1. The zero-order chi connectivity index (χ0) is 20.6. The normalized spacial score (nSPS) is 19.5. The molecule has 0 aliphatic carbocycles. The molecule has 1 aliphatic heterocycles. The minimum atomic E-state index is -5.03. The lowest BCUT2D eigenvalue weighted by molar-refractivity contribution is -0.266. The molecule has 1 aromatic carbocycles. The largest absolute Gasteiger partial charge is 0.432 e. The second kappa shape index (κ2) is 7.22. The maximum atomic E-state index is 14.0. The molecular weight excluding hydrogens is 423 g/mol. The van der Waals surface area contributed by atoms with Gasteiger partial charge in [-0.05, 0) is 30.3 Å². The molecule has 0 saturated carbocycles. The van der Waals surface area contributed by atoms with Crippen LogP contribution in [0.25, 0.3) is 0 Å². The summed E-state index contributed by atoms with van der Waals surface area (Å²) in [4.78, 5) is 15.4. The highest BCUT2D eigenvalue weighted by Gasteiger charge is 2.61. The van der Waals surface area contributed by atoms with Crippen molar-refractivity contribution < 1.29 is 31.1 Å². The number of hydrogen-bond acceptors (Lipinski definition) is 5. The van der Waals surface area contributed by atoms with E-state index in [4.69, 9.17) is 11.6 Å². The molecule has 0 saturated heterocycles. The van der Waals surface area contributed by atoms with Gasteiger partial charge in [0.25, 0.3) is 10.0 Å². The van der Waals surface area contributed by atoms with Crippen molar-refractivity contribution in [2.75, 3.05) is 11.9 Å². The van der Waals surface area contributed by atoms with E-state index in [1.165, 1.54) is 36.5 Å². The molecule has 28 heavy (non-hydrogen) atoms. The van der Waals surface area contributed by atoms with Crippen LogP contribution in [0, 0.1) is 0 Å². The van der Waals surface area contributed by atoms with Crippen LogP contribution in [0.2, 0.25) is 5.02 Å².